The molecule has 3 heterocycles. The van der Waals surface area contributed by atoms with Gasteiger partial charge in [0.05, 0.1) is 0 Å². The van der Waals surface area contributed by atoms with E-state index < -0.39 is 0 Å². The van der Waals surface area contributed by atoms with Crippen molar-refractivity contribution < 1.29 is 9.53 Å². The molecule has 0 radical (unpaired) electrons. The topological polar surface area (TPSA) is 63.2 Å². The Morgan fingerprint density at radius 1 is 1.25 bits per heavy atom. The van der Waals surface area contributed by atoms with Crippen molar-refractivity contribution in [2.75, 3.05) is 0 Å². The molecule has 2 N–H and O–H groups in total. The number of carbonyl (C=O) groups excluding carboxylic acids is 1. The lowest BCUT2D eigenvalue weighted by Crippen LogP contribution is -2.42. The molecule has 5 nitrogen and oxygen atoms in total. The Kier molecular flexibility index (Phi) is 3.94. The van der Waals surface area contributed by atoms with E-state index in [0.717, 1.165) is 18.4 Å². The smallest absolute Gasteiger partial charge is 0.251 e. The Morgan fingerprint density at radius 2 is 2.08 bits per heavy atom. The molecule has 3 unspecified atom stereocenters. The molecular weight excluding hydrogens is 302 g/mol. The first-order valence-corrected chi connectivity index (χ1v) is 8.45. The standard InChI is InChI=1S/C19H21N3O2/c1-12-8-9-20-18(10-12)24-15-5-2-13(3-6-15)19(23)22-17-11-14-4-7-16(17)21-14/h2-3,5-6,8-10,14,16-17,21H,4,7,11H2,1H3,(H,22,23). The first-order valence-electron chi connectivity index (χ1n) is 8.45. The van der Waals surface area contributed by atoms with Crippen LogP contribution in [-0.4, -0.2) is 29.0 Å². The molecule has 5 heteroatoms. The number of hydrogen-bond acceptors (Lipinski definition) is 4. The maximum atomic E-state index is 12.4. The maximum absolute atomic E-state index is 12.4. The minimum atomic E-state index is -0.0189. The van der Waals surface area contributed by atoms with Gasteiger partial charge in [-0.25, -0.2) is 4.98 Å². The van der Waals surface area contributed by atoms with Crippen LogP contribution in [-0.2, 0) is 0 Å². The van der Waals surface area contributed by atoms with Crippen LogP contribution in [0.15, 0.2) is 42.6 Å². The molecule has 3 atom stereocenters. The fourth-order valence-electron chi connectivity index (χ4n) is 3.59. The van der Waals surface area contributed by atoms with Crippen molar-refractivity contribution in [3.05, 3.63) is 53.7 Å². The summed E-state index contributed by atoms with van der Waals surface area (Å²) < 4.78 is 5.71. The van der Waals surface area contributed by atoms with E-state index in [4.69, 9.17) is 4.74 Å². The van der Waals surface area contributed by atoms with Gasteiger partial charge in [0.15, 0.2) is 0 Å². The summed E-state index contributed by atoms with van der Waals surface area (Å²) in [6.45, 7) is 1.99. The second-order valence-corrected chi connectivity index (χ2v) is 6.66. The molecule has 2 aliphatic heterocycles. The number of nitrogens with one attached hydrogen (secondary N) is 2. The molecule has 0 saturated carbocycles. The first kappa shape index (κ1) is 15.1. The average Bonchev–Trinajstić information content (AvgIpc) is 3.18. The van der Waals surface area contributed by atoms with Crippen LogP contribution in [0.3, 0.4) is 0 Å². The third kappa shape index (κ3) is 3.12. The van der Waals surface area contributed by atoms with Gasteiger partial charge in [0, 0.05) is 36.0 Å². The summed E-state index contributed by atoms with van der Waals surface area (Å²) in [5, 5.41) is 6.68. The van der Waals surface area contributed by atoms with Gasteiger partial charge in [-0.15, -0.1) is 0 Å². The predicted octanol–water partition coefficient (Wildman–Crippen LogP) is 2.81. The van der Waals surface area contributed by atoms with Crippen LogP contribution in [0, 0.1) is 6.92 Å². The Morgan fingerprint density at radius 3 is 2.75 bits per heavy atom. The van der Waals surface area contributed by atoms with Crippen LogP contribution in [0.25, 0.3) is 0 Å². The number of rotatable bonds is 4. The zero-order chi connectivity index (χ0) is 16.5. The molecule has 2 aliphatic rings. The number of pyridine rings is 1. The van der Waals surface area contributed by atoms with Crippen LogP contribution >= 0.6 is 0 Å². The van der Waals surface area contributed by atoms with Crippen LogP contribution in [0.2, 0.25) is 0 Å². The molecule has 1 aromatic carbocycles. The normalized spacial score (nSPS) is 24.8. The number of amides is 1. The largest absolute Gasteiger partial charge is 0.439 e. The lowest BCUT2D eigenvalue weighted by molar-refractivity contribution is 0.0931. The molecule has 24 heavy (non-hydrogen) atoms. The number of hydrogen-bond donors (Lipinski definition) is 2. The van der Waals surface area contributed by atoms with Gasteiger partial charge in [-0.3, -0.25) is 4.79 Å². The Bertz CT molecular complexity index is 745. The molecule has 124 valence electrons. The Hall–Kier alpha value is -2.40. The zero-order valence-corrected chi connectivity index (χ0v) is 13.7. The van der Waals surface area contributed by atoms with Gasteiger partial charge in [-0.2, -0.15) is 0 Å². The van der Waals surface area contributed by atoms with Gasteiger partial charge in [0.2, 0.25) is 5.88 Å². The molecule has 2 saturated heterocycles. The number of benzene rings is 1. The van der Waals surface area contributed by atoms with E-state index in [-0.39, 0.29) is 11.9 Å². The first-order chi connectivity index (χ1) is 11.7. The summed E-state index contributed by atoms with van der Waals surface area (Å²) in [5.74, 6) is 1.21. The number of ether oxygens (including phenoxy) is 1. The fraction of sp³-hybridized carbons (Fsp3) is 0.368. The summed E-state index contributed by atoms with van der Waals surface area (Å²) in [4.78, 5) is 16.6. The Labute approximate surface area is 141 Å². The molecule has 2 aromatic rings. The minimum absolute atomic E-state index is 0.0189. The summed E-state index contributed by atoms with van der Waals surface area (Å²) in [5.41, 5.74) is 1.75. The van der Waals surface area contributed by atoms with Crippen LogP contribution in [0.4, 0.5) is 0 Å². The molecule has 4 rings (SSSR count). The third-order valence-electron chi connectivity index (χ3n) is 4.85. The van der Waals surface area contributed by atoms with E-state index in [2.05, 4.69) is 15.6 Å². The van der Waals surface area contributed by atoms with Crippen molar-refractivity contribution in [1.29, 1.82) is 0 Å². The van der Waals surface area contributed by atoms with Crippen molar-refractivity contribution in [3.63, 3.8) is 0 Å². The molecule has 0 spiro atoms. The van der Waals surface area contributed by atoms with Crippen LogP contribution in [0.5, 0.6) is 11.6 Å². The highest BCUT2D eigenvalue weighted by Crippen LogP contribution is 2.28. The number of aryl methyl sites for hydroxylation is 1. The van der Waals surface area contributed by atoms with E-state index in [9.17, 15) is 4.79 Å². The highest BCUT2D eigenvalue weighted by molar-refractivity contribution is 5.94. The number of aromatic nitrogens is 1. The van der Waals surface area contributed by atoms with E-state index in [0.29, 0.717) is 29.3 Å². The molecular formula is C19H21N3O2. The quantitative estimate of drug-likeness (QED) is 0.908. The van der Waals surface area contributed by atoms with Gasteiger partial charge in [-0.05, 0) is 62.1 Å². The van der Waals surface area contributed by atoms with Gasteiger partial charge >= 0.3 is 0 Å². The monoisotopic (exact) mass is 323 g/mol. The highest BCUT2D eigenvalue weighted by atomic mass is 16.5. The van der Waals surface area contributed by atoms with Crippen molar-refractivity contribution in [2.45, 2.75) is 44.3 Å². The molecule has 2 bridgehead atoms. The summed E-state index contributed by atoms with van der Waals surface area (Å²) >= 11 is 0. The van der Waals surface area contributed by atoms with Gasteiger partial charge in [0.25, 0.3) is 5.91 Å². The predicted molar refractivity (Wildman–Crippen MR) is 91.3 cm³/mol. The number of nitrogens with zero attached hydrogens (tertiary/aromatic N) is 1. The van der Waals surface area contributed by atoms with Gasteiger partial charge in [0.1, 0.15) is 5.75 Å². The summed E-state index contributed by atoms with van der Waals surface area (Å²) in [7, 11) is 0. The molecule has 0 aliphatic carbocycles. The van der Waals surface area contributed by atoms with Gasteiger partial charge < -0.3 is 15.4 Å². The maximum Gasteiger partial charge on any atom is 0.251 e. The molecule has 1 amide bonds. The molecule has 2 fully saturated rings. The summed E-state index contributed by atoms with van der Waals surface area (Å²) in [6.07, 6.45) is 5.15. The highest BCUT2D eigenvalue weighted by Gasteiger charge is 2.39. The average molecular weight is 323 g/mol. The van der Waals surface area contributed by atoms with E-state index >= 15 is 0 Å². The van der Waals surface area contributed by atoms with Crippen molar-refractivity contribution >= 4 is 5.91 Å². The van der Waals surface area contributed by atoms with Crippen LogP contribution < -0.4 is 15.4 Å². The second kappa shape index (κ2) is 6.24. The number of carbonyl (C=O) groups is 1. The lowest BCUT2D eigenvalue weighted by atomic mass is 9.95. The van der Waals surface area contributed by atoms with E-state index in [1.807, 2.05) is 19.1 Å². The van der Waals surface area contributed by atoms with Crippen molar-refractivity contribution in [3.8, 4) is 11.6 Å². The van der Waals surface area contributed by atoms with Crippen molar-refractivity contribution in [1.82, 2.24) is 15.6 Å². The summed E-state index contributed by atoms with van der Waals surface area (Å²) in [6, 6.07) is 12.3. The second-order valence-electron chi connectivity index (χ2n) is 6.66. The van der Waals surface area contributed by atoms with Gasteiger partial charge in [-0.1, -0.05) is 0 Å². The lowest BCUT2D eigenvalue weighted by Gasteiger charge is -2.21. The third-order valence-corrected chi connectivity index (χ3v) is 4.85. The zero-order valence-electron chi connectivity index (χ0n) is 13.7. The molecule has 1 aromatic heterocycles. The fourth-order valence-corrected chi connectivity index (χ4v) is 3.59. The Balaban J connectivity index is 1.39. The van der Waals surface area contributed by atoms with E-state index in [1.54, 1.807) is 30.5 Å². The minimum Gasteiger partial charge on any atom is -0.439 e. The SMILES string of the molecule is Cc1ccnc(Oc2ccc(C(=O)NC3CC4CCC3N4)cc2)c1. The van der Waals surface area contributed by atoms with Crippen LogP contribution in [0.1, 0.15) is 35.2 Å². The number of fused-ring (bicyclic) bond motifs is 2. The van der Waals surface area contributed by atoms with Crippen molar-refractivity contribution in [2.24, 2.45) is 0 Å². The van der Waals surface area contributed by atoms with E-state index in [1.165, 1.54) is 6.42 Å².